The largest absolute Gasteiger partial charge is 0.0765 e. The second-order valence-corrected chi connectivity index (χ2v) is 15.6. The van der Waals surface area contributed by atoms with Gasteiger partial charge in [-0.1, -0.05) is 117 Å². The minimum atomic E-state index is -1.62. The molecule has 0 heterocycles. The van der Waals surface area contributed by atoms with E-state index < -0.39 is 8.07 Å². The molecule has 0 aliphatic heterocycles. The van der Waals surface area contributed by atoms with E-state index in [1.165, 1.54) is 24.9 Å². The Morgan fingerprint density at radius 3 is 1.24 bits per heavy atom. The molecule has 0 aromatic carbocycles. The van der Waals surface area contributed by atoms with Gasteiger partial charge in [0.15, 0.2) is 0 Å². The first-order valence-corrected chi connectivity index (χ1v) is 15.1. The fourth-order valence-corrected chi connectivity index (χ4v) is 11.5. The zero-order valence-electron chi connectivity index (χ0n) is 21.1. The number of hydrogen-bond acceptors (Lipinski definition) is 0. The fourth-order valence-electron chi connectivity index (χ4n) is 5.69. The van der Waals surface area contributed by atoms with Gasteiger partial charge in [-0.15, -0.1) is 0 Å². The zero-order chi connectivity index (χ0) is 21.9. The van der Waals surface area contributed by atoms with Gasteiger partial charge in [0.1, 0.15) is 0 Å². The van der Waals surface area contributed by atoms with Crippen molar-refractivity contribution in [1.82, 2.24) is 0 Å². The van der Waals surface area contributed by atoms with Gasteiger partial charge in [-0.2, -0.15) is 0 Å². The highest BCUT2D eigenvalue weighted by Gasteiger charge is 2.49. The lowest BCUT2D eigenvalue weighted by Gasteiger charge is -2.44. The summed E-state index contributed by atoms with van der Waals surface area (Å²) in [5, 5.41) is 0. The van der Waals surface area contributed by atoms with Crippen molar-refractivity contribution < 1.29 is 0 Å². The average molecular weight is 413 g/mol. The van der Waals surface area contributed by atoms with Crippen LogP contribution in [0.1, 0.15) is 82.1 Å². The van der Waals surface area contributed by atoms with Crippen LogP contribution in [0.4, 0.5) is 0 Å². The van der Waals surface area contributed by atoms with Gasteiger partial charge in [-0.05, 0) is 58.7 Å². The van der Waals surface area contributed by atoms with Crippen LogP contribution in [0.5, 0.6) is 0 Å². The Kier molecular flexibility index (Phi) is 8.42. The van der Waals surface area contributed by atoms with E-state index in [0.717, 1.165) is 0 Å². The molecule has 2 aliphatic carbocycles. The molecule has 0 saturated carbocycles. The van der Waals surface area contributed by atoms with Crippen LogP contribution >= 0.6 is 0 Å². The van der Waals surface area contributed by atoms with Crippen LogP contribution in [0.15, 0.2) is 46.6 Å². The Morgan fingerprint density at radius 1 is 0.655 bits per heavy atom. The Labute approximate surface area is 183 Å². The molecule has 0 N–H and O–H groups in total. The quantitative estimate of drug-likeness (QED) is 0.313. The van der Waals surface area contributed by atoms with Gasteiger partial charge in [0.05, 0.1) is 8.07 Å². The van der Waals surface area contributed by atoms with Crippen LogP contribution in [-0.2, 0) is 0 Å². The normalized spacial score (nSPS) is 24.6. The van der Waals surface area contributed by atoms with Gasteiger partial charge >= 0.3 is 0 Å². The predicted molar refractivity (Wildman–Crippen MR) is 135 cm³/mol. The van der Waals surface area contributed by atoms with Gasteiger partial charge < -0.3 is 0 Å². The second kappa shape index (κ2) is 9.99. The maximum Gasteiger partial charge on any atom is 0.0761 e. The van der Waals surface area contributed by atoms with Crippen molar-refractivity contribution in [1.29, 1.82) is 0 Å². The maximum atomic E-state index is 2.75. The van der Waals surface area contributed by atoms with Crippen LogP contribution in [0.25, 0.3) is 0 Å². The lowest BCUT2D eigenvalue weighted by atomic mass is 9.98. The minimum Gasteiger partial charge on any atom is -0.0765 e. The topological polar surface area (TPSA) is 0 Å². The third-order valence-corrected chi connectivity index (χ3v) is 14.5. The van der Waals surface area contributed by atoms with E-state index in [9.17, 15) is 0 Å². The van der Waals surface area contributed by atoms with Gasteiger partial charge in [-0.25, -0.2) is 0 Å². The second-order valence-electron chi connectivity index (χ2n) is 10.4. The monoisotopic (exact) mass is 412 g/mol. The van der Waals surface area contributed by atoms with E-state index in [1.807, 2.05) is 0 Å². The van der Waals surface area contributed by atoms with Crippen molar-refractivity contribution in [2.45, 2.75) is 105 Å². The summed E-state index contributed by atoms with van der Waals surface area (Å²) < 4.78 is 0. The van der Waals surface area contributed by atoms with Gasteiger partial charge in [-0.3, -0.25) is 0 Å². The Hall–Kier alpha value is -0.823. The van der Waals surface area contributed by atoms with Crippen LogP contribution in [-0.4, -0.2) is 8.07 Å². The summed E-state index contributed by atoms with van der Waals surface area (Å²) >= 11 is 0. The van der Waals surface area contributed by atoms with Gasteiger partial charge in [0.2, 0.25) is 0 Å². The van der Waals surface area contributed by atoms with E-state index in [1.54, 1.807) is 22.3 Å². The van der Waals surface area contributed by atoms with E-state index in [0.29, 0.717) is 34.8 Å². The fraction of sp³-hybridized carbons (Fsp3) is 0.714. The van der Waals surface area contributed by atoms with E-state index in [2.05, 4.69) is 93.5 Å². The minimum absolute atomic E-state index is 0.647. The first-order chi connectivity index (χ1) is 13.7. The van der Waals surface area contributed by atoms with Crippen LogP contribution in [0.2, 0.25) is 23.2 Å². The summed E-state index contributed by atoms with van der Waals surface area (Å²) in [6.07, 6.45) is 13.2. The summed E-state index contributed by atoms with van der Waals surface area (Å²) in [5.74, 6) is 2.66. The molecule has 4 atom stereocenters. The molecule has 2 rings (SSSR count). The van der Waals surface area contributed by atoms with Gasteiger partial charge in [0, 0.05) is 0 Å². The maximum absolute atomic E-state index is 2.75. The van der Waals surface area contributed by atoms with Crippen molar-refractivity contribution >= 4 is 8.07 Å². The van der Waals surface area contributed by atoms with Crippen molar-refractivity contribution in [3.05, 3.63) is 46.6 Å². The molecule has 29 heavy (non-hydrogen) atoms. The SMILES string of the molecule is CCC(C)C1=CC([Si](CC)(CC)C2C=C(C(C)CC)C=C2C(C)C)C(C(C)C)=C1. The molecule has 164 valence electrons. The molecule has 0 nitrogen and oxygen atoms in total. The molecule has 1 heteroatoms. The van der Waals surface area contributed by atoms with E-state index in [-0.39, 0.29) is 0 Å². The highest BCUT2D eigenvalue weighted by Crippen LogP contribution is 2.56. The Balaban J connectivity index is 2.61. The smallest absolute Gasteiger partial charge is 0.0761 e. The molecular formula is C28H48Si. The summed E-state index contributed by atoms with van der Waals surface area (Å²) in [6.45, 7) is 24.2. The van der Waals surface area contributed by atoms with E-state index in [4.69, 9.17) is 0 Å². The summed E-state index contributed by atoms with van der Waals surface area (Å²) in [6, 6.07) is 2.75. The third kappa shape index (κ3) is 4.60. The molecule has 2 aliphatic rings. The third-order valence-electron chi connectivity index (χ3n) is 8.35. The Bertz CT molecular complexity index is 625. The van der Waals surface area contributed by atoms with Crippen molar-refractivity contribution in [2.75, 3.05) is 0 Å². The molecule has 4 unspecified atom stereocenters. The molecule has 0 radical (unpaired) electrons. The average Bonchev–Trinajstić information content (AvgIpc) is 3.34. The number of hydrogen-bond donors (Lipinski definition) is 0. The van der Waals surface area contributed by atoms with Crippen molar-refractivity contribution in [3.8, 4) is 0 Å². The predicted octanol–water partition coefficient (Wildman–Crippen LogP) is 9.35. The highest BCUT2D eigenvalue weighted by molar-refractivity contribution is 6.84. The molecular weight excluding hydrogens is 364 g/mol. The lowest BCUT2D eigenvalue weighted by Crippen LogP contribution is -2.44. The van der Waals surface area contributed by atoms with Crippen LogP contribution in [0, 0.1) is 23.7 Å². The molecule has 0 saturated heterocycles. The first-order valence-electron chi connectivity index (χ1n) is 12.5. The standard InChI is InChI=1S/C28H48Si/c1-11-21(9)23-15-25(19(5)6)27(17-23)29(13-3,14-4)28-18-24(22(10)12-2)16-26(28)20(7)8/h15-22,27-28H,11-14H2,1-10H3. The number of rotatable bonds is 10. The summed E-state index contributed by atoms with van der Waals surface area (Å²) in [5.41, 5.74) is 8.15. The zero-order valence-corrected chi connectivity index (χ0v) is 22.1. The molecule has 0 spiro atoms. The molecule has 0 bridgehead atoms. The Morgan fingerprint density at radius 2 is 1.00 bits per heavy atom. The van der Waals surface area contributed by atoms with Gasteiger partial charge in [0.25, 0.3) is 0 Å². The summed E-state index contributed by atoms with van der Waals surface area (Å²) in [7, 11) is -1.62. The molecule has 0 aromatic heterocycles. The first kappa shape index (κ1) is 24.4. The van der Waals surface area contributed by atoms with Crippen molar-refractivity contribution in [3.63, 3.8) is 0 Å². The highest BCUT2D eigenvalue weighted by atomic mass is 28.3. The van der Waals surface area contributed by atoms with Crippen LogP contribution < -0.4 is 0 Å². The molecule has 0 aromatic rings. The van der Waals surface area contributed by atoms with Crippen LogP contribution in [0.3, 0.4) is 0 Å². The molecule has 0 fully saturated rings. The van der Waals surface area contributed by atoms with Crippen molar-refractivity contribution in [2.24, 2.45) is 23.7 Å². The van der Waals surface area contributed by atoms with E-state index >= 15 is 0 Å². The molecule has 0 amide bonds. The lowest BCUT2D eigenvalue weighted by molar-refractivity contribution is 0.670. The summed E-state index contributed by atoms with van der Waals surface area (Å²) in [4.78, 5) is 0. The number of allylic oxidation sites excluding steroid dienone is 8.